The minimum Gasteiger partial charge on any atom is -0.495 e. The maximum absolute atomic E-state index is 13.3. The molecule has 2 fully saturated rings. The Kier molecular flexibility index (Phi) is 6.99. The molecule has 1 amide bonds. The summed E-state index contributed by atoms with van der Waals surface area (Å²) in [6, 6.07) is 5.05. The molecule has 0 saturated carbocycles. The van der Waals surface area contributed by atoms with Crippen molar-refractivity contribution in [2.24, 2.45) is 0 Å². The van der Waals surface area contributed by atoms with Gasteiger partial charge in [-0.3, -0.25) is 4.79 Å². The Labute approximate surface area is 168 Å². The van der Waals surface area contributed by atoms with E-state index in [1.165, 1.54) is 13.2 Å². The van der Waals surface area contributed by atoms with Crippen LogP contribution in [-0.4, -0.2) is 56.3 Å². The monoisotopic (exact) mass is 408 g/mol. The van der Waals surface area contributed by atoms with E-state index < -0.39 is 10.0 Å². The molecule has 2 aliphatic rings. The molecule has 0 radical (unpaired) electrons. The molecule has 0 spiro atoms. The molecule has 1 atom stereocenters. The maximum Gasteiger partial charge on any atom is 0.254 e. The van der Waals surface area contributed by atoms with Gasteiger partial charge >= 0.3 is 0 Å². The molecule has 2 saturated heterocycles. The first-order valence-corrected chi connectivity index (χ1v) is 11.9. The first-order valence-electron chi connectivity index (χ1n) is 10.5. The van der Waals surface area contributed by atoms with Gasteiger partial charge in [0.2, 0.25) is 10.0 Å². The highest BCUT2D eigenvalue weighted by Crippen LogP contribution is 2.31. The molecule has 28 heavy (non-hydrogen) atoms. The average molecular weight is 409 g/mol. The minimum atomic E-state index is -3.70. The standard InChI is InChI=1S/C21H32N2O4S/c1-3-18-10-6-9-15-23(18)21(24)17-11-12-19(27-2)20(16-17)28(25,26)22-13-7-4-5-8-14-22/h11-12,16,18H,3-10,13-15H2,1-2H3. The van der Waals surface area contributed by atoms with Crippen molar-refractivity contribution in [3.05, 3.63) is 23.8 Å². The van der Waals surface area contributed by atoms with E-state index in [1.54, 1.807) is 16.4 Å². The third kappa shape index (κ3) is 4.35. The molecule has 0 N–H and O–H groups in total. The second-order valence-electron chi connectivity index (χ2n) is 7.74. The summed E-state index contributed by atoms with van der Waals surface area (Å²) in [5, 5.41) is 0. The molecule has 2 heterocycles. The van der Waals surface area contributed by atoms with Crippen LogP contribution in [0.5, 0.6) is 5.75 Å². The van der Waals surface area contributed by atoms with E-state index in [1.807, 2.05) is 4.90 Å². The molecule has 2 aliphatic heterocycles. The first kappa shape index (κ1) is 21.1. The highest BCUT2D eigenvalue weighted by Gasteiger charge is 2.31. The number of carbonyl (C=O) groups excluding carboxylic acids is 1. The Morgan fingerprint density at radius 3 is 2.39 bits per heavy atom. The summed E-state index contributed by atoms with van der Waals surface area (Å²) < 4.78 is 33.5. The van der Waals surface area contributed by atoms with Crippen molar-refractivity contribution in [1.29, 1.82) is 0 Å². The minimum absolute atomic E-state index is 0.0819. The van der Waals surface area contributed by atoms with E-state index in [0.29, 0.717) is 24.4 Å². The zero-order valence-corrected chi connectivity index (χ0v) is 17.8. The molecule has 0 bridgehead atoms. The third-order valence-corrected chi connectivity index (χ3v) is 7.87. The average Bonchev–Trinajstić information content (AvgIpc) is 3.03. The third-order valence-electron chi connectivity index (χ3n) is 5.95. The van der Waals surface area contributed by atoms with Crippen LogP contribution in [0.4, 0.5) is 0 Å². The number of piperidine rings is 1. The molecule has 1 aromatic rings. The van der Waals surface area contributed by atoms with Crippen LogP contribution in [0.2, 0.25) is 0 Å². The summed E-state index contributed by atoms with van der Waals surface area (Å²) in [4.78, 5) is 15.2. The predicted molar refractivity (Wildman–Crippen MR) is 109 cm³/mol. The van der Waals surface area contributed by atoms with Gasteiger partial charge in [-0.2, -0.15) is 4.31 Å². The quantitative estimate of drug-likeness (QED) is 0.746. The Morgan fingerprint density at radius 2 is 1.75 bits per heavy atom. The van der Waals surface area contributed by atoms with Gasteiger partial charge < -0.3 is 9.64 Å². The number of carbonyl (C=O) groups is 1. The second kappa shape index (κ2) is 9.27. The number of benzene rings is 1. The van der Waals surface area contributed by atoms with E-state index in [0.717, 1.165) is 57.9 Å². The molecule has 1 aromatic carbocycles. The number of sulfonamides is 1. The first-order chi connectivity index (χ1) is 13.5. The SMILES string of the molecule is CCC1CCCCN1C(=O)c1ccc(OC)c(S(=O)(=O)N2CCCCCC2)c1. The van der Waals surface area contributed by atoms with E-state index in [2.05, 4.69) is 6.92 Å². The van der Waals surface area contributed by atoms with Crippen LogP contribution < -0.4 is 4.74 Å². The summed E-state index contributed by atoms with van der Waals surface area (Å²) in [6.07, 6.45) is 7.90. The Bertz CT molecular complexity index is 786. The molecule has 6 nitrogen and oxygen atoms in total. The maximum atomic E-state index is 13.3. The van der Waals surface area contributed by atoms with Crippen molar-refractivity contribution in [2.45, 2.75) is 69.2 Å². The highest BCUT2D eigenvalue weighted by atomic mass is 32.2. The van der Waals surface area contributed by atoms with Crippen LogP contribution in [-0.2, 0) is 10.0 Å². The molecule has 7 heteroatoms. The van der Waals surface area contributed by atoms with Gasteiger partial charge in [-0.05, 0) is 56.7 Å². The predicted octanol–water partition coefficient (Wildman–Crippen LogP) is 3.66. The van der Waals surface area contributed by atoms with Crippen molar-refractivity contribution in [2.75, 3.05) is 26.7 Å². The van der Waals surface area contributed by atoms with Crippen LogP contribution in [0, 0.1) is 0 Å². The van der Waals surface area contributed by atoms with Crippen molar-refractivity contribution in [3.63, 3.8) is 0 Å². The molecule has 1 unspecified atom stereocenters. The van der Waals surface area contributed by atoms with Crippen LogP contribution in [0.15, 0.2) is 23.1 Å². The highest BCUT2D eigenvalue weighted by molar-refractivity contribution is 7.89. The normalized spacial score (nSPS) is 21.9. The largest absolute Gasteiger partial charge is 0.495 e. The van der Waals surface area contributed by atoms with Crippen molar-refractivity contribution in [1.82, 2.24) is 9.21 Å². The fraction of sp³-hybridized carbons (Fsp3) is 0.667. The van der Waals surface area contributed by atoms with Crippen LogP contribution in [0.25, 0.3) is 0 Å². The zero-order valence-electron chi connectivity index (χ0n) is 17.0. The summed E-state index contributed by atoms with van der Waals surface area (Å²) >= 11 is 0. The van der Waals surface area contributed by atoms with Gasteiger partial charge in [0.15, 0.2) is 0 Å². The van der Waals surface area contributed by atoms with Gasteiger partial charge in [0.25, 0.3) is 5.91 Å². The van der Waals surface area contributed by atoms with Gasteiger partial charge in [0.1, 0.15) is 10.6 Å². The zero-order chi connectivity index (χ0) is 20.1. The number of methoxy groups -OCH3 is 1. The number of amides is 1. The van der Waals surface area contributed by atoms with Crippen LogP contribution >= 0.6 is 0 Å². The van der Waals surface area contributed by atoms with Crippen molar-refractivity contribution < 1.29 is 17.9 Å². The van der Waals surface area contributed by atoms with Gasteiger partial charge in [-0.1, -0.05) is 19.8 Å². The van der Waals surface area contributed by atoms with Gasteiger partial charge in [0, 0.05) is 31.2 Å². The van der Waals surface area contributed by atoms with Crippen LogP contribution in [0.3, 0.4) is 0 Å². The summed E-state index contributed by atoms with van der Waals surface area (Å²) in [5.74, 6) is 0.216. The summed E-state index contributed by atoms with van der Waals surface area (Å²) in [7, 11) is -2.23. The molecular formula is C21H32N2O4S. The molecular weight excluding hydrogens is 376 g/mol. The Morgan fingerprint density at radius 1 is 1.07 bits per heavy atom. The Hall–Kier alpha value is -1.60. The molecule has 0 aliphatic carbocycles. The fourth-order valence-electron chi connectivity index (χ4n) is 4.29. The number of hydrogen-bond donors (Lipinski definition) is 0. The van der Waals surface area contributed by atoms with Gasteiger partial charge in [-0.15, -0.1) is 0 Å². The lowest BCUT2D eigenvalue weighted by molar-refractivity contribution is 0.0607. The summed E-state index contributed by atoms with van der Waals surface area (Å²) in [5.41, 5.74) is 0.426. The van der Waals surface area contributed by atoms with Gasteiger partial charge in [-0.25, -0.2) is 8.42 Å². The topological polar surface area (TPSA) is 66.9 Å². The van der Waals surface area contributed by atoms with Crippen molar-refractivity contribution in [3.8, 4) is 5.75 Å². The lowest BCUT2D eigenvalue weighted by Crippen LogP contribution is -2.43. The molecule has 156 valence electrons. The van der Waals surface area contributed by atoms with E-state index >= 15 is 0 Å². The fourth-order valence-corrected chi connectivity index (χ4v) is 5.99. The van der Waals surface area contributed by atoms with Crippen LogP contribution in [0.1, 0.15) is 68.6 Å². The number of likely N-dealkylation sites (tertiary alicyclic amines) is 1. The molecule has 3 rings (SSSR count). The number of nitrogens with zero attached hydrogens (tertiary/aromatic N) is 2. The smallest absolute Gasteiger partial charge is 0.254 e. The molecule has 0 aromatic heterocycles. The van der Waals surface area contributed by atoms with Crippen molar-refractivity contribution >= 4 is 15.9 Å². The number of ether oxygens (including phenoxy) is 1. The van der Waals surface area contributed by atoms with E-state index in [9.17, 15) is 13.2 Å². The lowest BCUT2D eigenvalue weighted by atomic mass is 9.99. The van der Waals surface area contributed by atoms with E-state index in [-0.39, 0.29) is 16.8 Å². The summed E-state index contributed by atoms with van der Waals surface area (Å²) in [6.45, 7) is 3.87. The Balaban J connectivity index is 1.94. The number of hydrogen-bond acceptors (Lipinski definition) is 4. The van der Waals surface area contributed by atoms with E-state index in [4.69, 9.17) is 4.74 Å². The number of rotatable bonds is 5. The second-order valence-corrected chi connectivity index (χ2v) is 9.65. The lowest BCUT2D eigenvalue weighted by Gasteiger charge is -2.35. The van der Waals surface area contributed by atoms with Gasteiger partial charge in [0.05, 0.1) is 7.11 Å².